The number of ether oxygens (including phenoxy) is 1. The van der Waals surface area contributed by atoms with Crippen molar-refractivity contribution in [1.29, 1.82) is 0 Å². The quantitative estimate of drug-likeness (QED) is 0.634. The number of carbonyl (C=O) groups is 1. The van der Waals surface area contributed by atoms with Crippen molar-refractivity contribution in [3.63, 3.8) is 0 Å². The Bertz CT molecular complexity index is 807. The molecule has 2 nitrogen and oxygen atoms in total. The molecule has 2 aromatic carbocycles. The first kappa shape index (κ1) is 14.1. The summed E-state index contributed by atoms with van der Waals surface area (Å²) in [5.41, 5.74) is 1.00. The minimum absolute atomic E-state index is 0.0854. The molecule has 21 heavy (non-hydrogen) atoms. The summed E-state index contributed by atoms with van der Waals surface area (Å²) in [6.07, 6.45) is 0.362. The number of halogens is 1. The molecule has 0 bridgehead atoms. The van der Waals surface area contributed by atoms with E-state index in [0.717, 1.165) is 22.1 Å². The molecule has 0 saturated heterocycles. The van der Waals surface area contributed by atoms with Crippen LogP contribution >= 0.6 is 22.9 Å². The third-order valence-corrected chi connectivity index (χ3v) is 4.65. The van der Waals surface area contributed by atoms with Gasteiger partial charge >= 0.3 is 0 Å². The number of ketones is 1. The molecule has 0 fully saturated rings. The Kier molecular flexibility index (Phi) is 3.95. The number of rotatable bonds is 4. The summed E-state index contributed by atoms with van der Waals surface area (Å²) < 4.78 is 5.91. The molecule has 1 aromatic heterocycles. The van der Waals surface area contributed by atoms with E-state index in [1.54, 1.807) is 19.2 Å². The molecular weight excluding hydrogens is 304 g/mol. The molecule has 3 rings (SSSR count). The first-order chi connectivity index (χ1) is 10.2. The first-order valence-corrected chi connectivity index (χ1v) is 7.71. The third kappa shape index (κ3) is 2.94. The molecule has 0 unspecified atom stereocenters. The van der Waals surface area contributed by atoms with Crippen molar-refractivity contribution in [3.8, 4) is 5.75 Å². The zero-order valence-corrected chi connectivity index (χ0v) is 13.0. The maximum absolute atomic E-state index is 12.3. The van der Waals surface area contributed by atoms with E-state index in [9.17, 15) is 4.79 Å². The van der Waals surface area contributed by atoms with Gasteiger partial charge in [-0.05, 0) is 40.6 Å². The Hall–Kier alpha value is -1.84. The maximum Gasteiger partial charge on any atom is 0.177 e. The van der Waals surface area contributed by atoms with Crippen molar-refractivity contribution in [2.24, 2.45) is 0 Å². The van der Waals surface area contributed by atoms with E-state index in [-0.39, 0.29) is 5.78 Å². The average molecular weight is 317 g/mol. The van der Waals surface area contributed by atoms with Gasteiger partial charge in [0.1, 0.15) is 5.75 Å². The smallest absolute Gasteiger partial charge is 0.177 e. The zero-order chi connectivity index (χ0) is 14.8. The number of hydrogen-bond donors (Lipinski definition) is 0. The van der Waals surface area contributed by atoms with Gasteiger partial charge in [-0.15, -0.1) is 11.3 Å². The normalized spacial score (nSPS) is 10.8. The summed E-state index contributed by atoms with van der Waals surface area (Å²) in [6, 6.07) is 15.4. The minimum Gasteiger partial charge on any atom is -0.497 e. The van der Waals surface area contributed by atoms with Crippen LogP contribution in [0.25, 0.3) is 10.8 Å². The molecule has 0 aliphatic heterocycles. The Morgan fingerprint density at radius 1 is 1.19 bits per heavy atom. The van der Waals surface area contributed by atoms with Crippen LogP contribution in [-0.4, -0.2) is 12.9 Å². The highest BCUT2D eigenvalue weighted by atomic mass is 35.5. The van der Waals surface area contributed by atoms with Gasteiger partial charge < -0.3 is 4.74 Å². The maximum atomic E-state index is 12.3. The van der Waals surface area contributed by atoms with E-state index < -0.39 is 0 Å². The summed E-state index contributed by atoms with van der Waals surface area (Å²) in [7, 11) is 1.64. The monoisotopic (exact) mass is 316 g/mol. The van der Waals surface area contributed by atoms with Gasteiger partial charge in [0.2, 0.25) is 0 Å². The second-order valence-corrected chi connectivity index (χ2v) is 6.42. The van der Waals surface area contributed by atoms with E-state index in [1.165, 1.54) is 11.3 Å². The molecule has 0 spiro atoms. The SMILES string of the molecule is COc1ccc2cccc(CC(=O)c3ccc(Cl)s3)c2c1. The minimum atomic E-state index is 0.0854. The van der Waals surface area contributed by atoms with Gasteiger partial charge in [0.05, 0.1) is 16.3 Å². The number of benzene rings is 2. The predicted molar refractivity (Wildman–Crippen MR) is 87.9 cm³/mol. The largest absolute Gasteiger partial charge is 0.497 e. The lowest BCUT2D eigenvalue weighted by molar-refractivity contribution is 0.0997. The molecule has 4 heteroatoms. The zero-order valence-electron chi connectivity index (χ0n) is 11.4. The molecule has 0 N–H and O–H groups in total. The number of hydrogen-bond acceptors (Lipinski definition) is 3. The van der Waals surface area contributed by atoms with Crippen LogP contribution in [-0.2, 0) is 6.42 Å². The Labute approximate surface area is 131 Å². The second kappa shape index (κ2) is 5.88. The van der Waals surface area contributed by atoms with Crippen molar-refractivity contribution < 1.29 is 9.53 Å². The van der Waals surface area contributed by atoms with Crippen molar-refractivity contribution in [1.82, 2.24) is 0 Å². The Balaban J connectivity index is 1.98. The summed E-state index contributed by atoms with van der Waals surface area (Å²) in [6.45, 7) is 0. The highest BCUT2D eigenvalue weighted by Crippen LogP contribution is 2.27. The highest BCUT2D eigenvalue weighted by Gasteiger charge is 2.12. The van der Waals surface area contributed by atoms with Crippen LogP contribution in [0.5, 0.6) is 5.75 Å². The van der Waals surface area contributed by atoms with Crippen LogP contribution in [0, 0.1) is 0 Å². The fourth-order valence-electron chi connectivity index (χ4n) is 2.32. The molecule has 0 aliphatic rings. The van der Waals surface area contributed by atoms with E-state index >= 15 is 0 Å². The number of fused-ring (bicyclic) bond motifs is 1. The molecule has 3 aromatic rings. The number of Topliss-reactive ketones (excluding diaryl/α,β-unsaturated/α-hetero) is 1. The summed E-state index contributed by atoms with van der Waals surface area (Å²) in [4.78, 5) is 13.0. The summed E-state index contributed by atoms with van der Waals surface area (Å²) >= 11 is 7.21. The van der Waals surface area contributed by atoms with Crippen molar-refractivity contribution >= 4 is 39.5 Å². The number of thiophene rings is 1. The van der Waals surface area contributed by atoms with Crippen LogP contribution in [0.15, 0.2) is 48.5 Å². The van der Waals surface area contributed by atoms with E-state index in [2.05, 4.69) is 0 Å². The average Bonchev–Trinajstić information content (AvgIpc) is 2.94. The van der Waals surface area contributed by atoms with E-state index in [4.69, 9.17) is 16.3 Å². The molecule has 106 valence electrons. The first-order valence-electron chi connectivity index (χ1n) is 6.51. The Morgan fingerprint density at radius 3 is 2.76 bits per heavy atom. The fourth-order valence-corrected chi connectivity index (χ4v) is 3.30. The highest BCUT2D eigenvalue weighted by molar-refractivity contribution is 7.18. The van der Waals surface area contributed by atoms with Gasteiger partial charge in [-0.25, -0.2) is 0 Å². The van der Waals surface area contributed by atoms with Gasteiger partial charge in [-0.1, -0.05) is 35.9 Å². The van der Waals surface area contributed by atoms with Crippen LogP contribution in [0.2, 0.25) is 4.34 Å². The topological polar surface area (TPSA) is 26.3 Å². The molecular formula is C17H13ClO2S. The summed E-state index contributed by atoms with van der Waals surface area (Å²) in [5.74, 6) is 0.879. The van der Waals surface area contributed by atoms with Gasteiger partial charge in [-0.3, -0.25) is 4.79 Å². The lowest BCUT2D eigenvalue weighted by atomic mass is 10.00. The predicted octanol–water partition coefficient (Wildman–Crippen LogP) is 4.99. The van der Waals surface area contributed by atoms with Crippen LogP contribution in [0.1, 0.15) is 15.2 Å². The summed E-state index contributed by atoms with van der Waals surface area (Å²) in [5, 5.41) is 2.15. The molecule has 0 amide bonds. The lowest BCUT2D eigenvalue weighted by Crippen LogP contribution is -2.01. The van der Waals surface area contributed by atoms with Crippen molar-refractivity contribution in [2.45, 2.75) is 6.42 Å². The van der Waals surface area contributed by atoms with Gasteiger partial charge in [0.25, 0.3) is 0 Å². The van der Waals surface area contributed by atoms with E-state index in [0.29, 0.717) is 15.6 Å². The lowest BCUT2D eigenvalue weighted by Gasteiger charge is -2.07. The van der Waals surface area contributed by atoms with Gasteiger partial charge in [0.15, 0.2) is 5.78 Å². The van der Waals surface area contributed by atoms with Crippen LogP contribution < -0.4 is 4.74 Å². The van der Waals surface area contributed by atoms with Crippen molar-refractivity contribution in [3.05, 3.63) is 63.3 Å². The van der Waals surface area contributed by atoms with Crippen LogP contribution in [0.4, 0.5) is 0 Å². The number of methoxy groups -OCH3 is 1. The van der Waals surface area contributed by atoms with Crippen LogP contribution in [0.3, 0.4) is 0 Å². The fraction of sp³-hybridized carbons (Fsp3) is 0.118. The second-order valence-electron chi connectivity index (χ2n) is 4.71. The molecule has 0 aliphatic carbocycles. The third-order valence-electron chi connectivity index (χ3n) is 3.38. The molecule has 1 heterocycles. The number of carbonyl (C=O) groups excluding carboxylic acids is 1. The van der Waals surface area contributed by atoms with Crippen molar-refractivity contribution in [2.75, 3.05) is 7.11 Å². The van der Waals surface area contributed by atoms with E-state index in [1.807, 2.05) is 36.4 Å². The van der Waals surface area contributed by atoms with Gasteiger partial charge in [-0.2, -0.15) is 0 Å². The Morgan fingerprint density at radius 2 is 2.05 bits per heavy atom. The standard InChI is InChI=1S/C17H13ClO2S/c1-20-13-6-5-11-3-2-4-12(14(11)10-13)9-15(19)16-7-8-17(18)21-16/h2-8,10H,9H2,1H3. The van der Waals surface area contributed by atoms with Gasteiger partial charge in [0, 0.05) is 6.42 Å². The molecule has 0 atom stereocenters. The molecule has 0 radical (unpaired) electrons. The molecule has 0 saturated carbocycles.